The third kappa shape index (κ3) is 4.00. The number of aromatic nitrogens is 4. The highest BCUT2D eigenvalue weighted by Crippen LogP contribution is 2.21. The Bertz CT molecular complexity index is 1070. The average Bonchev–Trinajstić information content (AvgIpc) is 3.11. The summed E-state index contributed by atoms with van der Waals surface area (Å²) in [4.78, 5) is 15.5. The Labute approximate surface area is 168 Å². The summed E-state index contributed by atoms with van der Waals surface area (Å²) in [6, 6.07) is 11.0. The van der Waals surface area contributed by atoms with E-state index in [0.29, 0.717) is 30.2 Å². The summed E-state index contributed by atoms with van der Waals surface area (Å²) >= 11 is 1.78. The van der Waals surface area contributed by atoms with Gasteiger partial charge in [-0.05, 0) is 29.3 Å². The molecule has 0 fully saturated rings. The molecule has 0 aromatic carbocycles. The topological polar surface area (TPSA) is 75.7 Å². The molecule has 6 nitrogen and oxygen atoms in total. The first kappa shape index (κ1) is 17.7. The van der Waals surface area contributed by atoms with Crippen LogP contribution in [0.15, 0.2) is 55.0 Å². The van der Waals surface area contributed by atoms with Crippen molar-refractivity contribution >= 4 is 39.9 Å². The third-order valence-corrected chi connectivity index (χ3v) is 4.65. The van der Waals surface area contributed by atoms with Crippen molar-refractivity contribution in [1.82, 2.24) is 19.9 Å². The third-order valence-electron chi connectivity index (χ3n) is 4.19. The van der Waals surface area contributed by atoms with Crippen LogP contribution in [-0.4, -0.2) is 19.9 Å². The van der Waals surface area contributed by atoms with Crippen molar-refractivity contribution in [2.45, 2.75) is 13.0 Å². The van der Waals surface area contributed by atoms with E-state index in [4.69, 9.17) is 3.07 Å². The molecule has 0 atom stereocenters. The number of anilines is 1. The maximum atomic E-state index is 14.5. The normalized spacial score (nSPS) is 10.9. The minimum absolute atomic E-state index is 0.451. The van der Waals surface area contributed by atoms with Gasteiger partial charge in [-0.1, -0.05) is 12.1 Å². The number of hydrogen-bond donors (Lipinski definition) is 2. The molecule has 0 unspecified atom stereocenters. The molecule has 4 aromatic heterocycles. The van der Waals surface area contributed by atoms with Crippen LogP contribution in [0.5, 0.6) is 5.88 Å². The van der Waals surface area contributed by atoms with E-state index in [0.717, 1.165) is 22.2 Å². The van der Waals surface area contributed by atoms with Crippen molar-refractivity contribution in [3.05, 3.63) is 77.6 Å². The van der Waals surface area contributed by atoms with Crippen LogP contribution in [0.1, 0.15) is 16.7 Å². The Balaban J connectivity index is 1.45. The Hall–Kier alpha value is -2.75. The van der Waals surface area contributed by atoms with E-state index in [1.807, 2.05) is 24.4 Å². The fraction of sp³-hybridized carbons (Fsp3) is 0.105. The minimum atomic E-state index is -0.481. The van der Waals surface area contributed by atoms with Crippen LogP contribution in [0.2, 0.25) is 0 Å². The van der Waals surface area contributed by atoms with E-state index in [-0.39, 0.29) is 0 Å². The van der Waals surface area contributed by atoms with Gasteiger partial charge in [-0.2, -0.15) is 4.39 Å². The van der Waals surface area contributed by atoms with Gasteiger partial charge in [0.15, 0.2) is 23.0 Å². The van der Waals surface area contributed by atoms with Crippen molar-refractivity contribution in [3.8, 4) is 5.88 Å². The smallest absolute Gasteiger partial charge is 0.224 e. The second-order valence-corrected chi connectivity index (χ2v) is 6.41. The average molecular weight is 475 g/mol. The molecule has 136 valence electrons. The van der Waals surface area contributed by atoms with Gasteiger partial charge in [-0.15, -0.1) is 0 Å². The number of nitrogens with zero attached hydrogens (tertiary/aromatic N) is 3. The van der Waals surface area contributed by atoms with E-state index in [2.05, 4.69) is 25.3 Å². The van der Waals surface area contributed by atoms with E-state index < -0.39 is 5.95 Å². The zero-order valence-corrected chi connectivity index (χ0v) is 16.3. The maximum absolute atomic E-state index is 14.5. The summed E-state index contributed by atoms with van der Waals surface area (Å²) in [6.45, 7) is 0.494. The van der Waals surface area contributed by atoms with Crippen LogP contribution in [-0.2, 0) is 13.0 Å². The number of halogens is 2. The van der Waals surface area contributed by atoms with Crippen molar-refractivity contribution in [1.29, 1.82) is 0 Å². The molecule has 8 heteroatoms. The number of rotatable bonds is 6. The van der Waals surface area contributed by atoms with E-state index in [1.165, 1.54) is 0 Å². The predicted molar refractivity (Wildman–Crippen MR) is 109 cm³/mol. The van der Waals surface area contributed by atoms with Crippen LogP contribution in [0.25, 0.3) is 11.0 Å². The fourth-order valence-electron chi connectivity index (χ4n) is 2.81. The van der Waals surface area contributed by atoms with Gasteiger partial charge in [-0.25, -0.2) is 15.0 Å². The standard InChI is InChI=1S/C19H15FIN5O/c20-18-13(8-14-11-25-19-15(14)2-1-7-22-19)4-5-16(26-18)23-9-12-3-6-17(27-21)24-10-12/h1-7,10-11H,8-9H2,(H,22,25)(H,23,26). The summed E-state index contributed by atoms with van der Waals surface area (Å²) < 4.78 is 19.5. The largest absolute Gasteiger partial charge is 0.408 e. The number of fused-ring (bicyclic) bond motifs is 1. The summed E-state index contributed by atoms with van der Waals surface area (Å²) in [7, 11) is 0. The number of pyridine rings is 3. The Morgan fingerprint density at radius 2 is 2.04 bits per heavy atom. The lowest BCUT2D eigenvalue weighted by Crippen LogP contribution is -2.04. The van der Waals surface area contributed by atoms with Crippen molar-refractivity contribution in [3.63, 3.8) is 0 Å². The SMILES string of the molecule is Fc1nc(NCc2ccc(OI)nc2)ccc1Cc1c[nH]c2ncccc12. The maximum Gasteiger partial charge on any atom is 0.224 e. The van der Waals surface area contributed by atoms with Crippen LogP contribution in [0.4, 0.5) is 10.2 Å². The number of H-pyrrole nitrogens is 1. The number of nitrogens with one attached hydrogen (secondary N) is 2. The van der Waals surface area contributed by atoms with Gasteiger partial charge in [0.2, 0.25) is 11.8 Å². The van der Waals surface area contributed by atoms with Crippen LogP contribution in [0.3, 0.4) is 0 Å². The molecule has 0 aliphatic rings. The molecule has 0 aliphatic heterocycles. The van der Waals surface area contributed by atoms with Gasteiger partial charge in [0.05, 0.1) is 0 Å². The summed E-state index contributed by atoms with van der Waals surface area (Å²) in [6.07, 6.45) is 5.74. The van der Waals surface area contributed by atoms with Crippen LogP contribution in [0, 0.1) is 5.95 Å². The molecule has 4 rings (SSSR count). The molecule has 4 aromatic rings. The molecule has 0 spiro atoms. The highest BCUT2D eigenvalue weighted by atomic mass is 127. The Morgan fingerprint density at radius 1 is 1.11 bits per heavy atom. The molecule has 0 bridgehead atoms. The molecule has 0 aliphatic carbocycles. The molecule has 2 N–H and O–H groups in total. The Morgan fingerprint density at radius 3 is 2.81 bits per heavy atom. The van der Waals surface area contributed by atoms with Gasteiger partial charge >= 0.3 is 0 Å². The molecular formula is C19H15FIN5O. The van der Waals surface area contributed by atoms with Crippen molar-refractivity contribution in [2.75, 3.05) is 5.32 Å². The molecular weight excluding hydrogens is 460 g/mol. The zero-order valence-electron chi connectivity index (χ0n) is 14.1. The highest BCUT2D eigenvalue weighted by Gasteiger charge is 2.10. The lowest BCUT2D eigenvalue weighted by atomic mass is 10.1. The van der Waals surface area contributed by atoms with Crippen molar-refractivity contribution in [2.24, 2.45) is 0 Å². The fourth-order valence-corrected chi connectivity index (χ4v) is 3.07. The number of hydrogen-bond acceptors (Lipinski definition) is 5. The molecule has 0 radical (unpaired) electrons. The first-order valence-electron chi connectivity index (χ1n) is 8.27. The highest BCUT2D eigenvalue weighted by molar-refractivity contribution is 14.1. The summed E-state index contributed by atoms with van der Waals surface area (Å²) in [5.74, 6) is 0.538. The first-order chi connectivity index (χ1) is 13.2. The van der Waals surface area contributed by atoms with Gasteiger partial charge < -0.3 is 13.4 Å². The summed E-state index contributed by atoms with van der Waals surface area (Å²) in [5.41, 5.74) is 3.27. The van der Waals surface area contributed by atoms with E-state index in [1.54, 1.807) is 53.6 Å². The van der Waals surface area contributed by atoms with E-state index >= 15 is 0 Å². The lowest BCUT2D eigenvalue weighted by Gasteiger charge is -2.08. The summed E-state index contributed by atoms with van der Waals surface area (Å²) in [5, 5.41) is 4.10. The Kier molecular flexibility index (Phi) is 5.14. The van der Waals surface area contributed by atoms with Crippen molar-refractivity contribution < 1.29 is 7.46 Å². The van der Waals surface area contributed by atoms with Gasteiger partial charge in [0, 0.05) is 48.6 Å². The number of aromatic amines is 1. The monoisotopic (exact) mass is 475 g/mol. The second-order valence-electron chi connectivity index (χ2n) is 5.97. The molecule has 4 heterocycles. The molecule has 0 saturated carbocycles. The van der Waals surface area contributed by atoms with Crippen LogP contribution < -0.4 is 8.38 Å². The van der Waals surface area contributed by atoms with Gasteiger partial charge in [0.25, 0.3) is 0 Å². The van der Waals surface area contributed by atoms with Gasteiger partial charge in [0.1, 0.15) is 11.5 Å². The van der Waals surface area contributed by atoms with Gasteiger partial charge in [-0.3, -0.25) is 0 Å². The quantitative estimate of drug-likeness (QED) is 0.319. The zero-order chi connectivity index (χ0) is 18.6. The second kappa shape index (κ2) is 7.87. The molecule has 27 heavy (non-hydrogen) atoms. The lowest BCUT2D eigenvalue weighted by molar-refractivity contribution is 0.571. The minimum Gasteiger partial charge on any atom is -0.408 e. The molecule has 0 saturated heterocycles. The van der Waals surface area contributed by atoms with Crippen LogP contribution >= 0.6 is 23.0 Å². The first-order valence-corrected chi connectivity index (χ1v) is 9.15. The van der Waals surface area contributed by atoms with E-state index in [9.17, 15) is 4.39 Å². The molecule has 0 amide bonds. The predicted octanol–water partition coefficient (Wildman–Crippen LogP) is 4.42.